The Kier molecular flexibility index (Phi) is 3.56. The molecule has 2 rings (SSSR count). The highest BCUT2D eigenvalue weighted by Crippen LogP contribution is 2.23. The monoisotopic (exact) mass is 268 g/mol. The molecule has 1 heterocycles. The van der Waals surface area contributed by atoms with E-state index in [-0.39, 0.29) is 11.5 Å². The van der Waals surface area contributed by atoms with Gasteiger partial charge in [0.15, 0.2) is 0 Å². The van der Waals surface area contributed by atoms with Crippen molar-refractivity contribution < 1.29 is 14.3 Å². The predicted octanol–water partition coefficient (Wildman–Crippen LogP) is 2.87. The number of benzene rings is 1. The quantitative estimate of drug-likeness (QED) is 0.894. The lowest BCUT2D eigenvalue weighted by Crippen LogP contribution is -2.00. The second-order valence-corrected chi connectivity index (χ2v) is 5.04. The molecular weight excluding hydrogens is 255 g/mol. The molecule has 1 atom stereocenters. The van der Waals surface area contributed by atoms with E-state index in [9.17, 15) is 9.18 Å². The summed E-state index contributed by atoms with van der Waals surface area (Å²) in [6.45, 7) is 1.99. The van der Waals surface area contributed by atoms with Crippen LogP contribution in [0.15, 0.2) is 12.1 Å². The fourth-order valence-corrected chi connectivity index (χ4v) is 2.48. The van der Waals surface area contributed by atoms with Crippen molar-refractivity contribution in [1.29, 1.82) is 0 Å². The van der Waals surface area contributed by atoms with Crippen molar-refractivity contribution in [3.63, 3.8) is 0 Å². The van der Waals surface area contributed by atoms with E-state index in [1.165, 1.54) is 6.07 Å². The molecule has 1 aromatic carbocycles. The first kappa shape index (κ1) is 12.9. The minimum atomic E-state index is -1.17. The van der Waals surface area contributed by atoms with Gasteiger partial charge in [0.25, 0.3) is 0 Å². The summed E-state index contributed by atoms with van der Waals surface area (Å²) >= 11 is 1.68. The number of carboxylic acid groups (broad SMARTS) is 1. The molecule has 0 aliphatic rings. The molecule has 1 unspecified atom stereocenters. The van der Waals surface area contributed by atoms with Crippen molar-refractivity contribution in [3.8, 4) is 0 Å². The van der Waals surface area contributed by atoms with E-state index in [1.807, 2.05) is 13.2 Å². The summed E-state index contributed by atoms with van der Waals surface area (Å²) in [5.41, 5.74) is 0.631. The Labute approximate surface area is 108 Å². The molecule has 2 N–H and O–H groups in total. The van der Waals surface area contributed by atoms with Gasteiger partial charge < -0.3 is 10.1 Å². The predicted molar refractivity (Wildman–Crippen MR) is 69.8 cm³/mol. The second kappa shape index (κ2) is 4.97. The first-order valence-electron chi connectivity index (χ1n) is 5.44. The molecule has 2 aromatic rings. The number of imidazole rings is 1. The van der Waals surface area contributed by atoms with E-state index in [2.05, 4.69) is 9.97 Å². The fraction of sp³-hybridized carbons (Fsp3) is 0.333. The number of hydrogen-bond acceptors (Lipinski definition) is 3. The number of carboxylic acids is 1. The van der Waals surface area contributed by atoms with Crippen LogP contribution in [0.1, 0.15) is 29.0 Å². The minimum Gasteiger partial charge on any atom is -0.478 e. The highest BCUT2D eigenvalue weighted by molar-refractivity contribution is 7.98. The molecule has 0 fully saturated rings. The van der Waals surface area contributed by atoms with E-state index in [0.717, 1.165) is 11.8 Å². The smallest absolute Gasteiger partial charge is 0.338 e. The van der Waals surface area contributed by atoms with Gasteiger partial charge in [-0.1, -0.05) is 6.92 Å². The number of carbonyl (C=O) groups is 1. The number of aromatic amines is 1. The van der Waals surface area contributed by atoms with E-state index in [4.69, 9.17) is 5.11 Å². The van der Waals surface area contributed by atoms with Gasteiger partial charge in [-0.15, -0.1) is 0 Å². The molecule has 0 radical (unpaired) electrons. The van der Waals surface area contributed by atoms with Gasteiger partial charge in [0.1, 0.15) is 17.2 Å². The molecule has 0 aliphatic carbocycles. The Hall–Kier alpha value is -1.56. The lowest BCUT2D eigenvalue weighted by Gasteiger charge is -2.04. The van der Waals surface area contributed by atoms with E-state index in [1.54, 1.807) is 11.8 Å². The van der Waals surface area contributed by atoms with Crippen LogP contribution < -0.4 is 0 Å². The normalized spacial score (nSPS) is 12.8. The molecule has 18 heavy (non-hydrogen) atoms. The number of nitrogens with one attached hydrogen (secondary N) is 1. The number of hydrogen-bond donors (Lipinski definition) is 2. The highest BCUT2D eigenvalue weighted by Gasteiger charge is 2.17. The molecule has 0 saturated heterocycles. The Morgan fingerprint density at radius 2 is 2.33 bits per heavy atom. The zero-order chi connectivity index (χ0) is 13.3. The summed E-state index contributed by atoms with van der Waals surface area (Å²) in [5.74, 6) is -0.0303. The number of fused-ring (bicyclic) bond motifs is 1. The summed E-state index contributed by atoms with van der Waals surface area (Å²) in [5, 5.41) is 9.03. The van der Waals surface area contributed by atoms with Crippen LogP contribution >= 0.6 is 11.8 Å². The fourth-order valence-electron chi connectivity index (χ4n) is 1.83. The van der Waals surface area contributed by atoms with Gasteiger partial charge in [-0.2, -0.15) is 11.8 Å². The molecule has 0 spiro atoms. The third-order valence-electron chi connectivity index (χ3n) is 2.68. The summed E-state index contributed by atoms with van der Waals surface area (Å²) < 4.78 is 13.3. The van der Waals surface area contributed by atoms with Gasteiger partial charge in [-0.25, -0.2) is 14.2 Å². The molecule has 1 aromatic heterocycles. The molecule has 6 heteroatoms. The van der Waals surface area contributed by atoms with Crippen LogP contribution in [0.2, 0.25) is 0 Å². The SMILES string of the molecule is CSCC(C)c1nc2c(C(=O)O)cc(F)cc2[nH]1. The molecule has 0 saturated carbocycles. The van der Waals surface area contributed by atoms with Crippen LogP contribution in [-0.4, -0.2) is 33.1 Å². The number of H-pyrrole nitrogens is 1. The Morgan fingerprint density at radius 3 is 2.94 bits per heavy atom. The lowest BCUT2D eigenvalue weighted by atomic mass is 10.2. The first-order valence-corrected chi connectivity index (χ1v) is 6.83. The van der Waals surface area contributed by atoms with Gasteiger partial charge in [-0.3, -0.25) is 0 Å². The van der Waals surface area contributed by atoms with Gasteiger partial charge in [0.05, 0.1) is 11.1 Å². The number of aromatic carboxylic acids is 1. The maximum Gasteiger partial charge on any atom is 0.338 e. The zero-order valence-electron chi connectivity index (χ0n) is 10.0. The maximum absolute atomic E-state index is 13.3. The number of aromatic nitrogens is 2. The Balaban J connectivity index is 2.56. The van der Waals surface area contributed by atoms with Crippen molar-refractivity contribution in [1.82, 2.24) is 9.97 Å². The molecular formula is C12H13FN2O2S. The van der Waals surface area contributed by atoms with E-state index < -0.39 is 11.8 Å². The number of thioether (sulfide) groups is 1. The molecule has 0 bridgehead atoms. The molecule has 4 nitrogen and oxygen atoms in total. The maximum atomic E-state index is 13.3. The molecule has 0 amide bonds. The highest BCUT2D eigenvalue weighted by atomic mass is 32.2. The largest absolute Gasteiger partial charge is 0.478 e. The summed E-state index contributed by atoms with van der Waals surface area (Å²) in [7, 11) is 0. The molecule has 0 aliphatic heterocycles. The lowest BCUT2D eigenvalue weighted by molar-refractivity contribution is 0.0698. The summed E-state index contributed by atoms with van der Waals surface area (Å²) in [6.07, 6.45) is 1.99. The van der Waals surface area contributed by atoms with E-state index >= 15 is 0 Å². The van der Waals surface area contributed by atoms with Crippen molar-refractivity contribution in [2.75, 3.05) is 12.0 Å². The third-order valence-corrected chi connectivity index (χ3v) is 3.52. The first-order chi connectivity index (χ1) is 8.52. The Morgan fingerprint density at radius 1 is 1.61 bits per heavy atom. The zero-order valence-corrected chi connectivity index (χ0v) is 10.8. The van der Waals surface area contributed by atoms with Crippen molar-refractivity contribution in [3.05, 3.63) is 29.3 Å². The number of halogens is 1. The van der Waals surface area contributed by atoms with Crippen molar-refractivity contribution >= 4 is 28.8 Å². The standard InChI is InChI=1S/C12H13FN2O2S/c1-6(5-18-2)11-14-9-4-7(13)3-8(12(16)17)10(9)15-11/h3-4,6H,5H2,1-2H3,(H,14,15)(H,16,17). The van der Waals surface area contributed by atoms with Crippen molar-refractivity contribution in [2.45, 2.75) is 12.8 Å². The van der Waals surface area contributed by atoms with Gasteiger partial charge in [0.2, 0.25) is 0 Å². The summed E-state index contributed by atoms with van der Waals surface area (Å²) in [6, 6.07) is 2.26. The Bertz CT molecular complexity index is 597. The second-order valence-electron chi connectivity index (χ2n) is 4.13. The van der Waals surface area contributed by atoms with Crippen LogP contribution in [-0.2, 0) is 0 Å². The van der Waals surface area contributed by atoms with Crippen LogP contribution in [0.4, 0.5) is 4.39 Å². The third kappa shape index (κ3) is 2.33. The van der Waals surface area contributed by atoms with Crippen molar-refractivity contribution in [2.24, 2.45) is 0 Å². The number of nitrogens with zero attached hydrogens (tertiary/aromatic N) is 1. The van der Waals surface area contributed by atoms with Gasteiger partial charge in [-0.05, 0) is 18.4 Å². The van der Waals surface area contributed by atoms with E-state index in [0.29, 0.717) is 16.9 Å². The van der Waals surface area contributed by atoms with Gasteiger partial charge in [0, 0.05) is 11.7 Å². The van der Waals surface area contributed by atoms with Crippen LogP contribution in [0.3, 0.4) is 0 Å². The summed E-state index contributed by atoms with van der Waals surface area (Å²) in [4.78, 5) is 18.3. The van der Waals surface area contributed by atoms with Gasteiger partial charge >= 0.3 is 5.97 Å². The van der Waals surface area contributed by atoms with Crippen LogP contribution in [0.25, 0.3) is 11.0 Å². The van der Waals surface area contributed by atoms with Crippen LogP contribution in [0.5, 0.6) is 0 Å². The van der Waals surface area contributed by atoms with Crippen LogP contribution in [0, 0.1) is 5.82 Å². The topological polar surface area (TPSA) is 66.0 Å². The average Bonchev–Trinajstić information content (AvgIpc) is 2.71. The molecule has 96 valence electrons. The number of rotatable bonds is 4. The minimum absolute atomic E-state index is 0.108. The average molecular weight is 268 g/mol.